The highest BCUT2D eigenvalue weighted by Gasteiger charge is 2.52. The molecule has 1 aromatic carbocycles. The van der Waals surface area contributed by atoms with E-state index in [1.807, 2.05) is 4.90 Å². The van der Waals surface area contributed by atoms with Crippen LogP contribution in [0.25, 0.3) is 0 Å². The molecule has 4 heterocycles. The molecule has 0 radical (unpaired) electrons. The molecule has 1 aromatic rings. The zero-order valence-electron chi connectivity index (χ0n) is 23.1. The van der Waals surface area contributed by atoms with Crippen molar-refractivity contribution in [3.63, 3.8) is 0 Å². The van der Waals surface area contributed by atoms with Gasteiger partial charge in [-0.3, -0.25) is 20.3 Å². The van der Waals surface area contributed by atoms with Gasteiger partial charge >= 0.3 is 0 Å². The molecular weight excluding hydrogens is 492 g/mol. The quantitative estimate of drug-likeness (QED) is 0.536. The number of rotatable bonds is 6. The van der Waals surface area contributed by atoms with Crippen LogP contribution in [0.5, 0.6) is 5.75 Å². The number of carbonyl (C=O) groups excluding carboxylic acids is 1. The Bertz CT molecular complexity index is 1080. The molecule has 6 unspecified atom stereocenters. The normalized spacial score (nSPS) is 36.7. The lowest BCUT2D eigenvalue weighted by Crippen LogP contribution is -2.73. The number of hydrogen-bond donors (Lipinski definition) is 2. The van der Waals surface area contributed by atoms with Gasteiger partial charge in [0.05, 0.1) is 31.3 Å². The van der Waals surface area contributed by atoms with Crippen molar-refractivity contribution in [2.75, 3.05) is 39.8 Å². The van der Waals surface area contributed by atoms with Crippen LogP contribution in [-0.2, 0) is 16.0 Å². The van der Waals surface area contributed by atoms with Gasteiger partial charge in [-0.1, -0.05) is 24.8 Å². The Kier molecular flexibility index (Phi) is 7.66. The molecule has 7 atom stereocenters. The number of nitrogens with one attached hydrogen (secondary N) is 2. The van der Waals surface area contributed by atoms with E-state index < -0.39 is 0 Å². The van der Waals surface area contributed by atoms with Gasteiger partial charge in [0, 0.05) is 50.5 Å². The number of benzene rings is 1. The van der Waals surface area contributed by atoms with Crippen LogP contribution in [0, 0.1) is 17.2 Å². The van der Waals surface area contributed by atoms with Crippen LogP contribution in [-0.4, -0.2) is 96.7 Å². The van der Waals surface area contributed by atoms with Gasteiger partial charge in [-0.15, -0.1) is 0 Å². The lowest BCUT2D eigenvalue weighted by molar-refractivity contribution is -0.138. The summed E-state index contributed by atoms with van der Waals surface area (Å²) in [6.45, 7) is 7.51. The Labute approximate surface area is 232 Å². The van der Waals surface area contributed by atoms with E-state index in [-0.39, 0.29) is 36.1 Å². The Morgan fingerprint density at radius 2 is 2.13 bits per heavy atom. The number of amides is 1. The number of nitrogens with zero attached hydrogens (tertiary/aromatic N) is 4. The Hall–Kier alpha value is -2.48. The van der Waals surface area contributed by atoms with E-state index in [1.165, 1.54) is 24.5 Å². The largest absolute Gasteiger partial charge is 0.487 e. The van der Waals surface area contributed by atoms with Gasteiger partial charge in [0.15, 0.2) is 6.35 Å². The fraction of sp³-hybridized carbons (Fsp3) is 0.667. The summed E-state index contributed by atoms with van der Waals surface area (Å²) in [7, 11) is 2.18. The van der Waals surface area contributed by atoms with E-state index in [0.29, 0.717) is 38.1 Å². The Balaban J connectivity index is 1.20. The van der Waals surface area contributed by atoms with Crippen molar-refractivity contribution in [1.29, 1.82) is 5.26 Å². The summed E-state index contributed by atoms with van der Waals surface area (Å²) in [5, 5.41) is 17.1. The minimum atomic E-state index is -0.258. The second kappa shape index (κ2) is 11.2. The molecule has 1 amide bonds. The second-order valence-electron chi connectivity index (χ2n) is 12.1. The molecule has 3 saturated heterocycles. The molecule has 1 aliphatic carbocycles. The van der Waals surface area contributed by atoms with E-state index in [9.17, 15) is 10.1 Å². The monoisotopic (exact) mass is 534 g/mol. The molecule has 0 bridgehead atoms. The third kappa shape index (κ3) is 5.33. The van der Waals surface area contributed by atoms with Crippen LogP contribution >= 0.6 is 0 Å². The van der Waals surface area contributed by atoms with Crippen LogP contribution in [0.4, 0.5) is 0 Å². The lowest BCUT2D eigenvalue weighted by Gasteiger charge is -2.54. The first kappa shape index (κ1) is 26.7. The first-order valence-corrected chi connectivity index (χ1v) is 14.6. The van der Waals surface area contributed by atoms with Crippen molar-refractivity contribution < 1.29 is 14.3 Å². The highest BCUT2D eigenvalue weighted by Crippen LogP contribution is 2.46. The summed E-state index contributed by atoms with van der Waals surface area (Å²) in [6.07, 6.45) is 7.86. The van der Waals surface area contributed by atoms with Crippen molar-refractivity contribution in [3.05, 3.63) is 42.5 Å². The number of piperazine rings is 1. The maximum Gasteiger partial charge on any atom is 0.246 e. The van der Waals surface area contributed by atoms with E-state index in [2.05, 4.69) is 64.4 Å². The van der Waals surface area contributed by atoms with Gasteiger partial charge in [-0.25, -0.2) is 0 Å². The maximum absolute atomic E-state index is 12.5. The smallest absolute Gasteiger partial charge is 0.246 e. The number of hydrogen-bond acceptors (Lipinski definition) is 8. The third-order valence-corrected chi connectivity index (χ3v) is 9.77. The Morgan fingerprint density at radius 1 is 1.26 bits per heavy atom. The predicted octanol–water partition coefficient (Wildman–Crippen LogP) is 2.05. The van der Waals surface area contributed by atoms with Crippen molar-refractivity contribution in [1.82, 2.24) is 25.3 Å². The zero-order valence-corrected chi connectivity index (χ0v) is 23.1. The van der Waals surface area contributed by atoms with Crippen molar-refractivity contribution in [3.8, 4) is 11.8 Å². The first-order valence-electron chi connectivity index (χ1n) is 14.6. The number of para-hydroxylation sites is 1. The van der Waals surface area contributed by atoms with E-state index in [1.54, 1.807) is 0 Å². The molecule has 9 nitrogen and oxygen atoms in total. The minimum Gasteiger partial charge on any atom is -0.487 e. The predicted molar refractivity (Wildman–Crippen MR) is 148 cm³/mol. The summed E-state index contributed by atoms with van der Waals surface area (Å²) in [5.74, 6) is 1.31. The summed E-state index contributed by atoms with van der Waals surface area (Å²) in [5.41, 5.74) is 1.13. The summed E-state index contributed by atoms with van der Waals surface area (Å²) in [4.78, 5) is 19.2. The van der Waals surface area contributed by atoms with Crippen LogP contribution in [0.15, 0.2) is 36.9 Å². The fourth-order valence-corrected chi connectivity index (χ4v) is 7.67. The standard InChI is InChI=1S/C30H42N6O3/c1-3-27(37)36-16-15-35(19-22(36)11-13-31)28-24-10-12-30(17-21-7-4-5-9-26(21)39-30)18-25(24)32-29(33-28)38-20-23-8-6-14-34(23)2/h3-5,7,9,22-25,28-29,32-33H,1,6,8,10-12,14-20H2,2H3/t22?,23?,24?,25?,28?,29?,30-/m0/s1. The molecule has 0 aromatic heterocycles. The lowest BCUT2D eigenvalue weighted by atomic mass is 9.71. The van der Waals surface area contributed by atoms with Crippen molar-refractivity contribution >= 4 is 5.91 Å². The van der Waals surface area contributed by atoms with Gasteiger partial charge in [-0.05, 0) is 57.0 Å². The minimum absolute atomic E-state index is 0.0921. The molecule has 4 fully saturated rings. The van der Waals surface area contributed by atoms with Crippen LogP contribution < -0.4 is 15.4 Å². The number of likely N-dealkylation sites (N-methyl/N-ethyl adjacent to an activating group) is 1. The first-order chi connectivity index (χ1) is 19.0. The molecule has 210 valence electrons. The van der Waals surface area contributed by atoms with Crippen molar-refractivity contribution in [2.24, 2.45) is 5.92 Å². The molecule has 9 heteroatoms. The molecule has 2 N–H and O–H groups in total. The summed E-state index contributed by atoms with van der Waals surface area (Å²) >= 11 is 0. The average molecular weight is 535 g/mol. The van der Waals surface area contributed by atoms with E-state index >= 15 is 0 Å². The number of nitriles is 1. The van der Waals surface area contributed by atoms with Gasteiger partial charge in [0.25, 0.3) is 0 Å². The zero-order chi connectivity index (χ0) is 27.0. The summed E-state index contributed by atoms with van der Waals surface area (Å²) < 4.78 is 13.2. The molecule has 1 saturated carbocycles. The fourth-order valence-electron chi connectivity index (χ4n) is 7.67. The van der Waals surface area contributed by atoms with Gasteiger partial charge in [0.1, 0.15) is 11.4 Å². The highest BCUT2D eigenvalue weighted by molar-refractivity contribution is 5.87. The second-order valence-corrected chi connectivity index (χ2v) is 12.1. The van der Waals surface area contributed by atoms with E-state index in [0.717, 1.165) is 44.5 Å². The van der Waals surface area contributed by atoms with E-state index in [4.69, 9.17) is 9.47 Å². The molecule has 6 rings (SSSR count). The van der Waals surface area contributed by atoms with Gasteiger partial charge < -0.3 is 19.3 Å². The Morgan fingerprint density at radius 3 is 2.90 bits per heavy atom. The van der Waals surface area contributed by atoms with Crippen LogP contribution in [0.2, 0.25) is 0 Å². The average Bonchev–Trinajstić information content (AvgIpc) is 3.52. The topological polar surface area (TPSA) is 93.1 Å². The SMILES string of the molecule is C=CC(=O)N1CCN(C2NC(OCC3CCCN3C)NC3C[C@]4(CCC32)Cc2ccccc2O4)CC1CC#N. The number of carbonyl (C=O) groups is 1. The number of fused-ring (bicyclic) bond motifs is 2. The third-order valence-electron chi connectivity index (χ3n) is 9.77. The number of likely N-dealkylation sites (tertiary alicyclic amines) is 1. The summed E-state index contributed by atoms with van der Waals surface area (Å²) in [6, 6.07) is 11.3. The van der Waals surface area contributed by atoms with Crippen LogP contribution in [0.3, 0.4) is 0 Å². The highest BCUT2D eigenvalue weighted by atomic mass is 16.5. The van der Waals surface area contributed by atoms with Gasteiger partial charge in [-0.2, -0.15) is 5.26 Å². The molecule has 4 aliphatic heterocycles. The maximum atomic E-state index is 12.5. The van der Waals surface area contributed by atoms with Crippen molar-refractivity contribution in [2.45, 2.75) is 81.2 Å². The van der Waals surface area contributed by atoms with Gasteiger partial charge in [0.2, 0.25) is 5.91 Å². The molecule has 5 aliphatic rings. The molecule has 1 spiro atoms. The molecular formula is C30H42N6O3. The van der Waals surface area contributed by atoms with Crippen LogP contribution in [0.1, 0.15) is 44.1 Å². The number of ether oxygens (including phenoxy) is 2. The molecule has 39 heavy (non-hydrogen) atoms.